The van der Waals surface area contributed by atoms with Gasteiger partial charge in [-0.05, 0) is 4.92 Å². The minimum Gasteiger partial charge on any atom is -0.358 e. The highest BCUT2D eigenvalue weighted by molar-refractivity contribution is 5.32. The van der Waals surface area contributed by atoms with Crippen LogP contribution in [-0.2, 0) is 0 Å². The van der Waals surface area contributed by atoms with E-state index in [2.05, 4.69) is 5.10 Å². The molecule has 0 fully saturated rings. The second kappa shape index (κ2) is 3.44. The summed E-state index contributed by atoms with van der Waals surface area (Å²) in [5, 5.41) is 15.5. The van der Waals surface area contributed by atoms with Crippen molar-refractivity contribution in [2.75, 3.05) is 0 Å². The quantitative estimate of drug-likeness (QED) is 0.540. The van der Waals surface area contributed by atoms with Crippen molar-refractivity contribution < 1.29 is 13.7 Å². The predicted molar refractivity (Wildman–Crippen MR) is 38.2 cm³/mol. The normalized spacial score (nSPS) is 13.2. The average molecular weight is 192 g/mol. The minimum atomic E-state index is -2.85. The Balaban J connectivity index is 3.00. The third-order valence-electron chi connectivity index (χ3n) is 1.46. The summed E-state index contributed by atoms with van der Waals surface area (Å²) in [6.45, 7) is 0. The lowest BCUT2D eigenvalue weighted by Gasteiger charge is -2.06. The van der Waals surface area contributed by atoms with Crippen molar-refractivity contribution in [3.8, 4) is 0 Å². The molecule has 0 bridgehead atoms. The Morgan fingerprint density at radius 2 is 2.31 bits per heavy atom. The van der Waals surface area contributed by atoms with Crippen LogP contribution in [0.5, 0.6) is 0 Å². The lowest BCUT2D eigenvalue weighted by molar-refractivity contribution is -0.390. The van der Waals surface area contributed by atoms with Crippen LogP contribution in [0.3, 0.4) is 0 Å². The summed E-state index contributed by atoms with van der Waals surface area (Å²) in [4.78, 5) is 9.40. The van der Waals surface area contributed by atoms with Crippen LogP contribution in [0, 0.1) is 10.1 Å². The number of aromatic nitrogens is 2. The molecule has 0 amide bonds. The molecule has 1 atom stereocenters. The van der Waals surface area contributed by atoms with Crippen LogP contribution in [0.2, 0.25) is 0 Å². The molecule has 0 spiro atoms. The van der Waals surface area contributed by atoms with Crippen molar-refractivity contribution in [1.29, 1.82) is 0 Å². The van der Waals surface area contributed by atoms with Gasteiger partial charge in [0.2, 0.25) is 0 Å². The number of halogens is 2. The van der Waals surface area contributed by atoms with E-state index in [0.29, 0.717) is 0 Å². The lowest BCUT2D eigenvalue weighted by Crippen LogP contribution is -2.19. The third-order valence-corrected chi connectivity index (χ3v) is 1.46. The molecule has 0 aliphatic rings. The van der Waals surface area contributed by atoms with Crippen molar-refractivity contribution in [1.82, 2.24) is 10.2 Å². The van der Waals surface area contributed by atoms with Gasteiger partial charge in [-0.25, -0.2) is 8.78 Å². The van der Waals surface area contributed by atoms with Crippen molar-refractivity contribution in [3.05, 3.63) is 21.9 Å². The van der Waals surface area contributed by atoms with Gasteiger partial charge >= 0.3 is 5.82 Å². The maximum Gasteiger partial charge on any atom is 0.347 e. The van der Waals surface area contributed by atoms with E-state index >= 15 is 0 Å². The molecule has 0 radical (unpaired) electrons. The lowest BCUT2D eigenvalue weighted by atomic mass is 10.2. The summed E-state index contributed by atoms with van der Waals surface area (Å²) < 4.78 is 24.1. The first kappa shape index (κ1) is 9.52. The fraction of sp³-hybridized carbons (Fsp3) is 0.400. The number of rotatable bonds is 3. The van der Waals surface area contributed by atoms with E-state index in [1.165, 1.54) is 0 Å². The molecule has 1 aromatic rings. The Kier molecular flexibility index (Phi) is 2.52. The molecule has 0 aliphatic heterocycles. The molecule has 6 nitrogen and oxygen atoms in total. The number of hydrogen-bond acceptors (Lipinski definition) is 4. The molecule has 8 heteroatoms. The van der Waals surface area contributed by atoms with Gasteiger partial charge in [0.1, 0.15) is 6.04 Å². The first-order valence-electron chi connectivity index (χ1n) is 3.25. The summed E-state index contributed by atoms with van der Waals surface area (Å²) in [5.41, 5.74) is 4.71. The summed E-state index contributed by atoms with van der Waals surface area (Å²) >= 11 is 0. The summed E-state index contributed by atoms with van der Waals surface area (Å²) in [5.74, 6) is -0.590. The van der Waals surface area contributed by atoms with E-state index in [0.717, 1.165) is 6.20 Å². The monoisotopic (exact) mass is 192 g/mol. The molecular formula is C5H6F2N4O2. The van der Waals surface area contributed by atoms with E-state index < -0.39 is 23.2 Å². The average Bonchev–Trinajstić information content (AvgIpc) is 2.50. The predicted octanol–water partition coefficient (Wildman–Crippen LogP) is 0.583. The van der Waals surface area contributed by atoms with Crippen LogP contribution in [0.4, 0.5) is 14.6 Å². The Bertz CT molecular complexity index is 313. The second-order valence-corrected chi connectivity index (χ2v) is 2.29. The molecule has 0 aliphatic carbocycles. The van der Waals surface area contributed by atoms with Gasteiger partial charge in [-0.3, -0.25) is 0 Å². The van der Waals surface area contributed by atoms with E-state index in [-0.39, 0.29) is 5.56 Å². The Morgan fingerprint density at radius 3 is 2.77 bits per heavy atom. The molecule has 1 unspecified atom stereocenters. The maximum absolute atomic E-state index is 12.0. The number of nitrogens with one attached hydrogen (secondary N) is 1. The molecule has 13 heavy (non-hydrogen) atoms. The molecule has 1 heterocycles. The van der Waals surface area contributed by atoms with Crippen LogP contribution in [0.15, 0.2) is 6.20 Å². The number of nitrogens with zero attached hydrogens (tertiary/aromatic N) is 2. The number of aromatic amines is 1. The second-order valence-electron chi connectivity index (χ2n) is 2.29. The molecular weight excluding hydrogens is 186 g/mol. The highest BCUT2D eigenvalue weighted by Crippen LogP contribution is 2.24. The Labute approximate surface area is 70.9 Å². The molecule has 3 N–H and O–H groups in total. The Morgan fingerprint density at radius 1 is 1.69 bits per heavy atom. The van der Waals surface area contributed by atoms with Crippen LogP contribution < -0.4 is 5.73 Å². The standard InChI is InChI=1S/C5H6F2N4O2/c6-4(7)3(8)2-1-9-10-5(2)11(12)13/h1,3-4H,8H2,(H,9,10). The molecule has 72 valence electrons. The van der Waals surface area contributed by atoms with E-state index in [1.54, 1.807) is 0 Å². The van der Waals surface area contributed by atoms with E-state index in [4.69, 9.17) is 5.73 Å². The van der Waals surface area contributed by atoms with Gasteiger partial charge in [0, 0.05) is 0 Å². The SMILES string of the molecule is NC(c1cn[nH]c1[N+](=O)[O-])C(F)F. The van der Waals surface area contributed by atoms with Gasteiger partial charge in [-0.15, -0.1) is 5.10 Å². The van der Waals surface area contributed by atoms with Gasteiger partial charge < -0.3 is 15.8 Å². The van der Waals surface area contributed by atoms with Crippen LogP contribution in [-0.4, -0.2) is 21.5 Å². The zero-order valence-corrected chi connectivity index (χ0v) is 6.28. The van der Waals surface area contributed by atoms with E-state index in [9.17, 15) is 18.9 Å². The first-order chi connectivity index (χ1) is 6.04. The van der Waals surface area contributed by atoms with Crippen molar-refractivity contribution in [3.63, 3.8) is 0 Å². The minimum absolute atomic E-state index is 0.292. The van der Waals surface area contributed by atoms with Gasteiger partial charge in [-0.1, -0.05) is 5.10 Å². The number of nitro groups is 1. The summed E-state index contributed by atoms with van der Waals surface area (Å²) in [6, 6.07) is -1.68. The highest BCUT2D eigenvalue weighted by Gasteiger charge is 2.27. The van der Waals surface area contributed by atoms with Gasteiger partial charge in [0.15, 0.2) is 0 Å². The maximum atomic E-state index is 12.0. The molecule has 0 aromatic carbocycles. The number of alkyl halides is 2. The number of nitrogens with two attached hydrogens (primary N) is 1. The van der Waals surface area contributed by atoms with Crippen molar-refractivity contribution in [2.45, 2.75) is 12.5 Å². The number of H-pyrrole nitrogens is 1. The molecule has 1 aromatic heterocycles. The van der Waals surface area contributed by atoms with Crippen molar-refractivity contribution >= 4 is 5.82 Å². The zero-order valence-electron chi connectivity index (χ0n) is 6.28. The summed E-state index contributed by atoms with van der Waals surface area (Å²) in [6.07, 6.45) is -1.93. The van der Waals surface area contributed by atoms with Crippen molar-refractivity contribution in [2.24, 2.45) is 5.73 Å². The van der Waals surface area contributed by atoms with Crippen LogP contribution in [0.1, 0.15) is 11.6 Å². The van der Waals surface area contributed by atoms with Crippen LogP contribution in [0.25, 0.3) is 0 Å². The largest absolute Gasteiger partial charge is 0.358 e. The van der Waals surface area contributed by atoms with Crippen LogP contribution >= 0.6 is 0 Å². The van der Waals surface area contributed by atoms with E-state index in [1.807, 2.05) is 5.10 Å². The third kappa shape index (κ3) is 1.78. The fourth-order valence-corrected chi connectivity index (χ4v) is 0.815. The zero-order chi connectivity index (χ0) is 10.0. The van der Waals surface area contributed by atoms with Gasteiger partial charge in [0.05, 0.1) is 11.8 Å². The smallest absolute Gasteiger partial charge is 0.347 e. The number of hydrogen-bond donors (Lipinski definition) is 2. The van der Waals surface area contributed by atoms with Gasteiger partial charge in [0.25, 0.3) is 6.43 Å². The summed E-state index contributed by atoms with van der Waals surface area (Å²) in [7, 11) is 0. The molecule has 0 saturated carbocycles. The van der Waals surface area contributed by atoms with Gasteiger partial charge in [-0.2, -0.15) is 0 Å². The highest BCUT2D eigenvalue weighted by atomic mass is 19.3. The molecule has 1 rings (SSSR count). The molecule has 0 saturated heterocycles. The first-order valence-corrected chi connectivity index (χ1v) is 3.25. The fourth-order valence-electron chi connectivity index (χ4n) is 0.815. The topological polar surface area (TPSA) is 97.8 Å². The Hall–Kier alpha value is -1.57.